The third kappa shape index (κ3) is 3.47. The van der Waals surface area contributed by atoms with Crippen LogP contribution in [0.3, 0.4) is 0 Å². The summed E-state index contributed by atoms with van der Waals surface area (Å²) in [7, 11) is 1.54. The van der Waals surface area contributed by atoms with E-state index in [1.54, 1.807) is 14.0 Å². The van der Waals surface area contributed by atoms with Gasteiger partial charge in [-0.05, 0) is 19.1 Å². The van der Waals surface area contributed by atoms with Gasteiger partial charge in [0.1, 0.15) is 11.0 Å². The number of hydrogen-bond donors (Lipinski definition) is 1. The maximum Gasteiger partial charge on any atom is 0.416 e. The monoisotopic (exact) mass is 268 g/mol. The zero-order valence-corrected chi connectivity index (χ0v) is 10.0. The molecule has 3 nitrogen and oxygen atoms in total. The Bertz CT molecular complexity index is 398. The van der Waals surface area contributed by atoms with Crippen molar-refractivity contribution in [3.8, 4) is 0 Å². The van der Waals surface area contributed by atoms with Crippen LogP contribution in [0.15, 0.2) is 12.1 Å². The Balaban J connectivity index is 3.14. The molecule has 1 heterocycles. The smallest absolute Gasteiger partial charge is 0.394 e. The summed E-state index contributed by atoms with van der Waals surface area (Å²) in [4.78, 5) is 5.23. The first kappa shape index (κ1) is 14.1. The van der Waals surface area contributed by atoms with Gasteiger partial charge in [-0.15, -0.1) is 0 Å². The lowest BCUT2D eigenvalue weighted by Crippen LogP contribution is -2.32. The van der Waals surface area contributed by atoms with Gasteiger partial charge in [0.15, 0.2) is 0 Å². The summed E-state index contributed by atoms with van der Waals surface area (Å²) in [6.45, 7) is 1.47. The van der Waals surface area contributed by atoms with E-state index < -0.39 is 11.7 Å². The normalized spacial score (nSPS) is 13.6. The van der Waals surface area contributed by atoms with Gasteiger partial charge in [0, 0.05) is 7.05 Å². The number of halogens is 4. The van der Waals surface area contributed by atoms with Crippen LogP contribution in [0.4, 0.5) is 19.0 Å². The first-order valence-electron chi connectivity index (χ1n) is 4.84. The molecule has 1 aromatic rings. The fraction of sp³-hybridized carbons (Fsp3) is 0.500. The molecule has 0 amide bonds. The van der Waals surface area contributed by atoms with E-state index in [9.17, 15) is 13.2 Å². The van der Waals surface area contributed by atoms with Crippen LogP contribution in [-0.4, -0.2) is 29.8 Å². The van der Waals surface area contributed by atoms with Crippen molar-refractivity contribution in [1.82, 2.24) is 4.98 Å². The van der Waals surface area contributed by atoms with Crippen LogP contribution in [0.2, 0.25) is 5.15 Å². The second-order valence-corrected chi connectivity index (χ2v) is 4.06. The van der Waals surface area contributed by atoms with E-state index in [1.165, 1.54) is 4.90 Å². The molecule has 0 aliphatic carbocycles. The number of aliphatic hydroxyl groups is 1. The summed E-state index contributed by atoms with van der Waals surface area (Å²) >= 11 is 5.55. The number of pyridine rings is 1. The molecule has 96 valence electrons. The van der Waals surface area contributed by atoms with Crippen molar-refractivity contribution in [2.45, 2.75) is 19.1 Å². The highest BCUT2D eigenvalue weighted by atomic mass is 35.5. The zero-order valence-electron chi connectivity index (χ0n) is 9.29. The minimum absolute atomic E-state index is 0.0753. The highest BCUT2D eigenvalue weighted by molar-refractivity contribution is 6.29. The molecule has 1 rings (SSSR count). The van der Waals surface area contributed by atoms with E-state index in [0.29, 0.717) is 0 Å². The largest absolute Gasteiger partial charge is 0.416 e. The fourth-order valence-electron chi connectivity index (χ4n) is 1.18. The summed E-state index contributed by atoms with van der Waals surface area (Å²) < 4.78 is 37.6. The summed E-state index contributed by atoms with van der Waals surface area (Å²) in [5.41, 5.74) is -0.857. The standard InChI is InChI=1S/C10H12ClF3N2O/c1-6(5-17)16(2)9-4-7(10(12,13)14)3-8(11)15-9/h3-4,6,17H,5H2,1-2H3. The molecule has 0 bridgehead atoms. The Kier molecular flexibility index (Phi) is 4.21. The number of aromatic nitrogens is 1. The lowest BCUT2D eigenvalue weighted by molar-refractivity contribution is -0.137. The second kappa shape index (κ2) is 5.10. The Labute approximate surface area is 102 Å². The summed E-state index contributed by atoms with van der Waals surface area (Å²) in [6, 6.07) is 1.32. The van der Waals surface area contributed by atoms with Crippen molar-refractivity contribution >= 4 is 17.4 Å². The van der Waals surface area contributed by atoms with E-state index in [1.807, 2.05) is 0 Å². The molecule has 0 aromatic carbocycles. The second-order valence-electron chi connectivity index (χ2n) is 3.68. The van der Waals surface area contributed by atoms with Crippen molar-refractivity contribution in [1.29, 1.82) is 0 Å². The number of anilines is 1. The third-order valence-electron chi connectivity index (χ3n) is 2.39. The lowest BCUT2D eigenvalue weighted by Gasteiger charge is -2.25. The average molecular weight is 269 g/mol. The van der Waals surface area contributed by atoms with Crippen molar-refractivity contribution in [3.63, 3.8) is 0 Å². The maximum atomic E-state index is 12.5. The zero-order chi connectivity index (χ0) is 13.2. The number of alkyl halides is 3. The average Bonchev–Trinajstić information content (AvgIpc) is 2.25. The Hall–Kier alpha value is -1.01. The van der Waals surface area contributed by atoms with Gasteiger partial charge in [0.05, 0.1) is 18.2 Å². The van der Waals surface area contributed by atoms with Gasteiger partial charge in [-0.25, -0.2) is 4.98 Å². The minimum atomic E-state index is -4.47. The van der Waals surface area contributed by atoms with Crippen LogP contribution in [-0.2, 0) is 6.18 Å². The Morgan fingerprint density at radius 1 is 1.47 bits per heavy atom. The van der Waals surface area contributed by atoms with Crippen molar-refractivity contribution in [2.75, 3.05) is 18.6 Å². The predicted molar refractivity (Wildman–Crippen MR) is 59.2 cm³/mol. The van der Waals surface area contributed by atoms with Gasteiger partial charge in [-0.1, -0.05) is 11.6 Å². The molecule has 17 heavy (non-hydrogen) atoms. The van der Waals surface area contributed by atoms with Crippen LogP contribution in [0, 0.1) is 0 Å². The maximum absolute atomic E-state index is 12.5. The van der Waals surface area contributed by atoms with Crippen LogP contribution >= 0.6 is 11.6 Å². The van der Waals surface area contributed by atoms with Gasteiger partial charge >= 0.3 is 6.18 Å². The highest BCUT2D eigenvalue weighted by Gasteiger charge is 2.32. The van der Waals surface area contributed by atoms with Crippen molar-refractivity contribution in [2.24, 2.45) is 0 Å². The molecule has 0 fully saturated rings. The molecule has 0 saturated heterocycles. The number of aliphatic hydroxyl groups excluding tert-OH is 1. The van der Waals surface area contributed by atoms with Crippen LogP contribution in [0.1, 0.15) is 12.5 Å². The first-order chi connectivity index (χ1) is 7.75. The molecule has 0 aliphatic rings. The van der Waals surface area contributed by atoms with E-state index in [2.05, 4.69) is 4.98 Å². The first-order valence-corrected chi connectivity index (χ1v) is 5.22. The molecule has 1 unspecified atom stereocenters. The van der Waals surface area contributed by atoms with E-state index in [-0.39, 0.29) is 23.6 Å². The molecule has 0 spiro atoms. The third-order valence-corrected chi connectivity index (χ3v) is 2.59. The van der Waals surface area contributed by atoms with Crippen molar-refractivity contribution in [3.05, 3.63) is 22.8 Å². The summed E-state index contributed by atoms with van der Waals surface area (Å²) in [6.07, 6.45) is -4.47. The number of likely N-dealkylation sites (N-methyl/N-ethyl adjacent to an activating group) is 1. The highest BCUT2D eigenvalue weighted by Crippen LogP contribution is 2.32. The summed E-state index contributed by atoms with van der Waals surface area (Å²) in [5, 5.41) is 8.71. The van der Waals surface area contributed by atoms with Gasteiger partial charge in [0.2, 0.25) is 0 Å². The molecular weight excluding hydrogens is 257 g/mol. The topological polar surface area (TPSA) is 36.4 Å². The Morgan fingerprint density at radius 3 is 2.53 bits per heavy atom. The Morgan fingerprint density at radius 2 is 2.06 bits per heavy atom. The summed E-state index contributed by atoms with van der Waals surface area (Å²) in [5.74, 6) is 0.0753. The molecule has 1 atom stereocenters. The molecule has 0 aliphatic heterocycles. The molecule has 0 radical (unpaired) electrons. The molecule has 7 heteroatoms. The van der Waals surface area contributed by atoms with E-state index in [0.717, 1.165) is 12.1 Å². The van der Waals surface area contributed by atoms with E-state index >= 15 is 0 Å². The molecule has 1 N–H and O–H groups in total. The van der Waals surface area contributed by atoms with Gasteiger partial charge in [0.25, 0.3) is 0 Å². The number of rotatable bonds is 3. The quantitative estimate of drug-likeness (QED) is 0.856. The van der Waals surface area contributed by atoms with E-state index in [4.69, 9.17) is 16.7 Å². The van der Waals surface area contributed by atoms with Gasteiger partial charge < -0.3 is 10.0 Å². The number of nitrogens with zero attached hydrogens (tertiary/aromatic N) is 2. The fourth-order valence-corrected chi connectivity index (χ4v) is 1.38. The number of hydrogen-bond acceptors (Lipinski definition) is 3. The lowest BCUT2D eigenvalue weighted by atomic mass is 10.2. The minimum Gasteiger partial charge on any atom is -0.394 e. The molecule has 0 saturated carbocycles. The SMILES string of the molecule is CC(CO)N(C)c1cc(C(F)(F)F)cc(Cl)n1. The molecule has 1 aromatic heterocycles. The van der Waals surface area contributed by atoms with Crippen LogP contribution < -0.4 is 4.90 Å². The molecular formula is C10H12ClF3N2O. The van der Waals surface area contributed by atoms with Crippen LogP contribution in [0.25, 0.3) is 0 Å². The van der Waals surface area contributed by atoms with Gasteiger partial charge in [-0.2, -0.15) is 13.2 Å². The van der Waals surface area contributed by atoms with Gasteiger partial charge in [-0.3, -0.25) is 0 Å². The van der Waals surface area contributed by atoms with Crippen LogP contribution in [0.5, 0.6) is 0 Å². The van der Waals surface area contributed by atoms with Crippen molar-refractivity contribution < 1.29 is 18.3 Å². The predicted octanol–water partition coefficient (Wildman–Crippen LogP) is 2.57.